The van der Waals surface area contributed by atoms with Gasteiger partial charge in [-0.05, 0) is 35.9 Å². The molecule has 2 aromatic carbocycles. The summed E-state index contributed by atoms with van der Waals surface area (Å²) in [5.74, 6) is 0.183. The molecule has 0 saturated heterocycles. The molecule has 1 N–H and O–H groups in total. The zero-order valence-corrected chi connectivity index (χ0v) is 12.8. The maximum atomic E-state index is 9.25. The van der Waals surface area contributed by atoms with Crippen molar-refractivity contribution < 1.29 is 5.11 Å². The lowest BCUT2D eigenvalue weighted by Gasteiger charge is -2.20. The lowest BCUT2D eigenvalue weighted by atomic mass is 10.0. The molecule has 0 bridgehead atoms. The van der Waals surface area contributed by atoms with E-state index in [1.54, 1.807) is 23.5 Å². The highest BCUT2D eigenvalue weighted by Gasteiger charge is 2.18. The summed E-state index contributed by atoms with van der Waals surface area (Å²) in [7, 11) is 0. The topological polar surface area (TPSA) is 20.2 Å². The number of fused-ring (bicyclic) bond motifs is 2. The van der Waals surface area contributed by atoms with Gasteiger partial charge in [0.1, 0.15) is 0 Å². The van der Waals surface area contributed by atoms with Crippen LogP contribution in [0.5, 0.6) is 0 Å². The molecule has 1 unspecified atom stereocenters. The third-order valence-corrected chi connectivity index (χ3v) is 5.92. The van der Waals surface area contributed by atoms with Gasteiger partial charge in [-0.1, -0.05) is 48.1 Å². The summed E-state index contributed by atoms with van der Waals surface area (Å²) < 4.78 is 0. The average Bonchev–Trinajstić information content (AvgIpc) is 2.43. The normalized spacial score (nSPS) is 14.7. The monoisotopic (exact) mass is 308 g/mol. The molecule has 3 rings (SSSR count). The van der Waals surface area contributed by atoms with E-state index in [1.165, 1.54) is 25.1 Å². The van der Waals surface area contributed by atoms with Gasteiger partial charge in [0.15, 0.2) is 0 Å². The number of hydrogen-bond acceptors (Lipinski definition) is 3. The summed E-state index contributed by atoms with van der Waals surface area (Å²) >= 11 is 9.57. The number of aliphatic hydroxyl groups is 1. The van der Waals surface area contributed by atoms with Crippen LogP contribution in [0.4, 0.5) is 0 Å². The van der Waals surface area contributed by atoms with Gasteiger partial charge < -0.3 is 5.11 Å². The number of rotatable bonds is 2. The molecule has 0 amide bonds. The zero-order chi connectivity index (χ0) is 13.4. The van der Waals surface area contributed by atoms with Gasteiger partial charge in [-0.2, -0.15) is 0 Å². The minimum absolute atomic E-state index is 0.183. The fourth-order valence-electron chi connectivity index (χ4n) is 1.98. The summed E-state index contributed by atoms with van der Waals surface area (Å²) in [5.41, 5.74) is 1.19. The van der Waals surface area contributed by atoms with E-state index >= 15 is 0 Å². The van der Waals surface area contributed by atoms with E-state index in [2.05, 4.69) is 24.3 Å². The summed E-state index contributed by atoms with van der Waals surface area (Å²) in [6, 6.07) is 12.4. The first kappa shape index (κ1) is 13.4. The lowest BCUT2D eigenvalue weighted by Crippen LogP contribution is -2.00. The molecule has 19 heavy (non-hydrogen) atoms. The first-order chi connectivity index (χ1) is 9.17. The number of halogens is 1. The Morgan fingerprint density at radius 1 is 1.00 bits per heavy atom. The number of benzene rings is 2. The maximum Gasteiger partial charge on any atom is 0.0497 e. The van der Waals surface area contributed by atoms with E-state index in [4.69, 9.17) is 11.6 Å². The second-order valence-corrected chi connectivity index (χ2v) is 7.19. The molecular formula is C15H13ClOS2. The van der Waals surface area contributed by atoms with E-state index in [1.807, 2.05) is 19.1 Å². The number of hydrogen-bond donors (Lipinski definition) is 1. The molecule has 98 valence electrons. The van der Waals surface area contributed by atoms with E-state index in [0.717, 1.165) is 5.02 Å². The van der Waals surface area contributed by atoms with Gasteiger partial charge >= 0.3 is 0 Å². The fourth-order valence-corrected chi connectivity index (χ4v) is 4.50. The van der Waals surface area contributed by atoms with Crippen molar-refractivity contribution in [1.29, 1.82) is 0 Å². The van der Waals surface area contributed by atoms with Crippen molar-refractivity contribution in [2.24, 2.45) is 0 Å². The van der Waals surface area contributed by atoms with E-state index in [9.17, 15) is 5.11 Å². The highest BCUT2D eigenvalue weighted by molar-refractivity contribution is 8.05. The zero-order valence-electron chi connectivity index (χ0n) is 10.4. The van der Waals surface area contributed by atoms with E-state index in [0.29, 0.717) is 0 Å². The minimum atomic E-state index is 0.183. The summed E-state index contributed by atoms with van der Waals surface area (Å²) in [6.07, 6.45) is 0. The summed E-state index contributed by atoms with van der Waals surface area (Å²) in [4.78, 5) is 4.98. The van der Waals surface area contributed by atoms with Gasteiger partial charge in [0.05, 0.1) is 0 Å². The molecular weight excluding hydrogens is 296 g/mol. The molecule has 0 spiro atoms. The summed E-state index contributed by atoms with van der Waals surface area (Å²) in [6.45, 7) is 2.22. The maximum absolute atomic E-state index is 9.25. The van der Waals surface area contributed by atoms with Gasteiger partial charge in [-0.25, -0.2) is 0 Å². The van der Waals surface area contributed by atoms with Crippen LogP contribution in [0.15, 0.2) is 56.0 Å². The molecule has 0 fully saturated rings. The molecule has 1 atom stereocenters. The highest BCUT2D eigenvalue weighted by Crippen LogP contribution is 2.49. The smallest absolute Gasteiger partial charge is 0.0497 e. The molecule has 4 heteroatoms. The van der Waals surface area contributed by atoms with Crippen molar-refractivity contribution in [3.63, 3.8) is 0 Å². The molecule has 0 aliphatic carbocycles. The SMILES string of the molecule is CC(CO)c1ccc2c(c1)Sc1ccc(Cl)cc1S2. The van der Waals surface area contributed by atoms with E-state index < -0.39 is 0 Å². The van der Waals surface area contributed by atoms with Crippen LogP contribution < -0.4 is 0 Å². The summed E-state index contributed by atoms with van der Waals surface area (Å²) in [5, 5.41) is 10.0. The Balaban J connectivity index is 1.98. The second-order valence-electron chi connectivity index (χ2n) is 4.58. The van der Waals surface area contributed by atoms with Crippen LogP contribution >= 0.6 is 35.1 Å². The standard InChI is InChI=1S/C15H13ClOS2/c1-9(8-17)10-2-4-12-14(6-10)18-13-5-3-11(16)7-15(13)19-12/h2-7,9,17H,8H2,1H3. The fraction of sp³-hybridized carbons (Fsp3) is 0.200. The van der Waals surface area contributed by atoms with Gasteiger partial charge in [0.25, 0.3) is 0 Å². The van der Waals surface area contributed by atoms with Crippen molar-refractivity contribution in [1.82, 2.24) is 0 Å². The predicted molar refractivity (Wildman–Crippen MR) is 81.6 cm³/mol. The minimum Gasteiger partial charge on any atom is -0.396 e. The Labute approximate surface area is 126 Å². The van der Waals surface area contributed by atoms with E-state index in [-0.39, 0.29) is 12.5 Å². The van der Waals surface area contributed by atoms with Crippen LogP contribution in [-0.2, 0) is 0 Å². The average molecular weight is 309 g/mol. The third kappa shape index (κ3) is 2.65. The quantitative estimate of drug-likeness (QED) is 0.715. The van der Waals surface area contributed by atoms with Crippen LogP contribution in [0.2, 0.25) is 5.02 Å². The van der Waals surface area contributed by atoms with Gasteiger partial charge in [-0.15, -0.1) is 0 Å². The highest BCUT2D eigenvalue weighted by atomic mass is 35.5. The van der Waals surface area contributed by atoms with Crippen LogP contribution in [0, 0.1) is 0 Å². The van der Waals surface area contributed by atoms with Crippen LogP contribution in [0.1, 0.15) is 18.4 Å². The largest absolute Gasteiger partial charge is 0.396 e. The Morgan fingerprint density at radius 3 is 2.32 bits per heavy atom. The molecule has 0 saturated carbocycles. The van der Waals surface area contributed by atoms with Crippen LogP contribution in [-0.4, -0.2) is 11.7 Å². The molecule has 0 aromatic heterocycles. The van der Waals surface area contributed by atoms with Gasteiger partial charge in [0.2, 0.25) is 0 Å². The Hall–Kier alpha value is -0.610. The predicted octanol–water partition coefficient (Wildman–Crippen LogP) is 5.05. The van der Waals surface area contributed by atoms with Crippen LogP contribution in [0.25, 0.3) is 0 Å². The Bertz CT molecular complexity index is 628. The lowest BCUT2D eigenvalue weighted by molar-refractivity contribution is 0.273. The van der Waals surface area contributed by atoms with Crippen molar-refractivity contribution >= 4 is 35.1 Å². The molecule has 1 aliphatic rings. The first-order valence-electron chi connectivity index (χ1n) is 6.07. The van der Waals surface area contributed by atoms with Crippen LogP contribution in [0.3, 0.4) is 0 Å². The first-order valence-corrected chi connectivity index (χ1v) is 8.08. The van der Waals surface area contributed by atoms with Crippen molar-refractivity contribution in [3.8, 4) is 0 Å². The molecule has 2 aromatic rings. The Kier molecular flexibility index (Phi) is 3.81. The van der Waals surface area contributed by atoms with Crippen molar-refractivity contribution in [3.05, 3.63) is 47.0 Å². The van der Waals surface area contributed by atoms with Crippen molar-refractivity contribution in [2.75, 3.05) is 6.61 Å². The third-order valence-electron chi connectivity index (χ3n) is 3.16. The van der Waals surface area contributed by atoms with Gasteiger partial charge in [0, 0.05) is 37.1 Å². The molecule has 1 heterocycles. The molecule has 0 radical (unpaired) electrons. The van der Waals surface area contributed by atoms with Crippen molar-refractivity contribution in [2.45, 2.75) is 32.4 Å². The number of aliphatic hydroxyl groups excluding tert-OH is 1. The van der Waals surface area contributed by atoms with Gasteiger partial charge in [-0.3, -0.25) is 0 Å². The molecule has 1 nitrogen and oxygen atoms in total. The Morgan fingerprint density at radius 2 is 1.63 bits per heavy atom. The second kappa shape index (κ2) is 5.41. The molecule has 1 aliphatic heterocycles.